The van der Waals surface area contributed by atoms with E-state index in [0.717, 1.165) is 11.1 Å². The molecule has 2 aromatic rings. The Balaban J connectivity index is 1.77. The van der Waals surface area contributed by atoms with E-state index >= 15 is 0 Å². The molecule has 2 rings (SSSR count). The number of nitriles is 1. The van der Waals surface area contributed by atoms with Crippen molar-refractivity contribution in [3.63, 3.8) is 0 Å². The van der Waals surface area contributed by atoms with Crippen LogP contribution >= 0.6 is 0 Å². The average Bonchev–Trinajstić information content (AvgIpc) is 2.55. The Hall–Kier alpha value is -2.35. The monoisotopic (exact) mass is 282 g/mol. The van der Waals surface area contributed by atoms with Crippen LogP contribution in [0, 0.1) is 11.3 Å². The van der Waals surface area contributed by atoms with Crippen LogP contribution in [-0.4, -0.2) is 18.3 Å². The van der Waals surface area contributed by atoms with Gasteiger partial charge in [0.2, 0.25) is 0 Å². The van der Waals surface area contributed by atoms with Gasteiger partial charge in [0, 0.05) is 13.1 Å². The molecule has 108 valence electrons. The van der Waals surface area contributed by atoms with E-state index in [0.29, 0.717) is 18.8 Å². The van der Waals surface area contributed by atoms with E-state index in [1.165, 1.54) is 0 Å². The molecule has 21 heavy (non-hydrogen) atoms. The lowest BCUT2D eigenvalue weighted by molar-refractivity contribution is 0.174. The first-order chi connectivity index (χ1) is 10.3. The normalized spacial score (nSPS) is 11.6. The van der Waals surface area contributed by atoms with Crippen LogP contribution < -0.4 is 10.1 Å². The summed E-state index contributed by atoms with van der Waals surface area (Å²) in [5.41, 5.74) is 2.00. The van der Waals surface area contributed by atoms with Crippen LogP contribution in [0.4, 0.5) is 0 Å². The molecule has 0 aromatic heterocycles. The van der Waals surface area contributed by atoms with Crippen LogP contribution in [-0.2, 0) is 6.54 Å². The van der Waals surface area contributed by atoms with Crippen molar-refractivity contribution < 1.29 is 9.84 Å². The number of hydrogen-bond donors (Lipinski definition) is 2. The Morgan fingerprint density at radius 1 is 1.10 bits per heavy atom. The smallest absolute Gasteiger partial charge is 0.174 e. The second-order valence-electron chi connectivity index (χ2n) is 4.65. The van der Waals surface area contributed by atoms with E-state index < -0.39 is 6.10 Å². The fourth-order valence-corrected chi connectivity index (χ4v) is 1.97. The molecule has 0 amide bonds. The van der Waals surface area contributed by atoms with Gasteiger partial charge < -0.3 is 15.2 Å². The van der Waals surface area contributed by atoms with Gasteiger partial charge in [-0.3, -0.25) is 0 Å². The summed E-state index contributed by atoms with van der Waals surface area (Å²) < 4.78 is 5.19. The quantitative estimate of drug-likeness (QED) is 0.818. The number of ether oxygens (including phenoxy) is 1. The van der Waals surface area contributed by atoms with Gasteiger partial charge in [0.25, 0.3) is 0 Å². The van der Waals surface area contributed by atoms with Crippen molar-refractivity contribution in [2.45, 2.75) is 12.6 Å². The van der Waals surface area contributed by atoms with E-state index in [4.69, 9.17) is 10.00 Å². The first-order valence-electron chi connectivity index (χ1n) is 6.82. The molecular formula is C17H18N2O2. The Kier molecular flexibility index (Phi) is 5.77. The van der Waals surface area contributed by atoms with Gasteiger partial charge in [-0.2, -0.15) is 5.26 Å². The Bertz CT molecular complexity index is 576. The molecule has 0 saturated heterocycles. The van der Waals surface area contributed by atoms with E-state index in [1.807, 2.05) is 60.7 Å². The van der Waals surface area contributed by atoms with Crippen LogP contribution in [0.2, 0.25) is 0 Å². The zero-order valence-corrected chi connectivity index (χ0v) is 11.7. The average molecular weight is 282 g/mol. The zero-order chi connectivity index (χ0) is 14.9. The highest BCUT2D eigenvalue weighted by Gasteiger charge is 2.05. The van der Waals surface area contributed by atoms with Gasteiger partial charge in [0.15, 0.2) is 6.61 Å². The van der Waals surface area contributed by atoms with E-state index in [2.05, 4.69) is 5.32 Å². The van der Waals surface area contributed by atoms with Gasteiger partial charge in [-0.1, -0.05) is 42.5 Å². The minimum Gasteiger partial charge on any atom is -0.479 e. The van der Waals surface area contributed by atoms with Gasteiger partial charge in [-0.05, 0) is 23.3 Å². The van der Waals surface area contributed by atoms with Gasteiger partial charge in [-0.25, -0.2) is 0 Å². The van der Waals surface area contributed by atoms with Crippen LogP contribution in [0.3, 0.4) is 0 Å². The molecule has 0 radical (unpaired) electrons. The van der Waals surface area contributed by atoms with Crippen molar-refractivity contribution in [3.8, 4) is 11.8 Å². The Morgan fingerprint density at radius 2 is 1.81 bits per heavy atom. The lowest BCUT2D eigenvalue weighted by Gasteiger charge is -2.12. The number of aliphatic hydroxyl groups is 1. The molecule has 4 nitrogen and oxygen atoms in total. The second-order valence-corrected chi connectivity index (χ2v) is 4.65. The molecule has 0 saturated carbocycles. The fourth-order valence-electron chi connectivity index (χ4n) is 1.97. The lowest BCUT2D eigenvalue weighted by Crippen LogP contribution is -2.20. The Morgan fingerprint density at radius 3 is 2.48 bits per heavy atom. The van der Waals surface area contributed by atoms with Gasteiger partial charge in [0.05, 0.1) is 6.10 Å². The maximum absolute atomic E-state index is 10.0. The van der Waals surface area contributed by atoms with Gasteiger partial charge in [-0.15, -0.1) is 0 Å². The SMILES string of the molecule is N#CCOc1ccc(CNCC(O)c2ccccc2)cc1. The fraction of sp³-hybridized carbons (Fsp3) is 0.235. The first-order valence-corrected chi connectivity index (χ1v) is 6.82. The topological polar surface area (TPSA) is 65.3 Å². The van der Waals surface area contributed by atoms with Crippen molar-refractivity contribution in [2.24, 2.45) is 0 Å². The summed E-state index contributed by atoms with van der Waals surface area (Å²) in [6.45, 7) is 1.22. The minimum absolute atomic E-state index is 0.0564. The number of benzene rings is 2. The molecule has 1 unspecified atom stereocenters. The molecular weight excluding hydrogens is 264 g/mol. The van der Waals surface area contributed by atoms with Crippen molar-refractivity contribution in [2.75, 3.05) is 13.2 Å². The maximum atomic E-state index is 10.0. The van der Waals surface area contributed by atoms with Crippen LogP contribution in [0.1, 0.15) is 17.2 Å². The summed E-state index contributed by atoms with van der Waals surface area (Å²) in [6.07, 6.45) is -0.510. The van der Waals surface area contributed by atoms with Crippen molar-refractivity contribution in [1.29, 1.82) is 5.26 Å². The summed E-state index contributed by atoms with van der Waals surface area (Å²) >= 11 is 0. The maximum Gasteiger partial charge on any atom is 0.174 e. The lowest BCUT2D eigenvalue weighted by atomic mass is 10.1. The number of hydrogen-bond acceptors (Lipinski definition) is 4. The second kappa shape index (κ2) is 8.05. The van der Waals surface area contributed by atoms with Gasteiger partial charge in [0.1, 0.15) is 11.8 Å². The molecule has 0 aliphatic heterocycles. The number of aliphatic hydroxyl groups excluding tert-OH is 1. The predicted molar refractivity (Wildman–Crippen MR) is 80.7 cm³/mol. The molecule has 2 N–H and O–H groups in total. The third-order valence-corrected chi connectivity index (χ3v) is 3.08. The third-order valence-electron chi connectivity index (χ3n) is 3.08. The minimum atomic E-state index is -0.510. The molecule has 0 aliphatic rings. The molecule has 1 atom stereocenters. The predicted octanol–water partition coefficient (Wildman–Crippen LogP) is 2.41. The molecule has 0 aliphatic carbocycles. The summed E-state index contributed by atoms with van der Waals surface area (Å²) in [4.78, 5) is 0. The largest absolute Gasteiger partial charge is 0.479 e. The van der Waals surface area contributed by atoms with E-state index in [9.17, 15) is 5.11 Å². The molecule has 0 spiro atoms. The summed E-state index contributed by atoms with van der Waals surface area (Å²) in [5.74, 6) is 0.685. The van der Waals surface area contributed by atoms with Gasteiger partial charge >= 0.3 is 0 Å². The number of rotatable bonds is 7. The molecule has 2 aromatic carbocycles. The van der Waals surface area contributed by atoms with Crippen LogP contribution in [0.5, 0.6) is 5.75 Å². The van der Waals surface area contributed by atoms with E-state index in [-0.39, 0.29) is 6.61 Å². The number of nitrogens with one attached hydrogen (secondary N) is 1. The summed E-state index contributed by atoms with van der Waals surface area (Å²) in [5, 5.41) is 21.7. The number of nitrogens with zero attached hydrogens (tertiary/aromatic N) is 1. The van der Waals surface area contributed by atoms with Crippen molar-refractivity contribution in [1.82, 2.24) is 5.32 Å². The van der Waals surface area contributed by atoms with Crippen molar-refractivity contribution in [3.05, 3.63) is 65.7 Å². The molecule has 4 heteroatoms. The van der Waals surface area contributed by atoms with E-state index in [1.54, 1.807) is 0 Å². The highest BCUT2D eigenvalue weighted by Crippen LogP contribution is 2.13. The molecule has 0 heterocycles. The Labute approximate surface area is 124 Å². The summed E-state index contributed by atoms with van der Waals surface area (Å²) in [7, 11) is 0. The molecule has 0 fully saturated rings. The highest BCUT2D eigenvalue weighted by atomic mass is 16.5. The highest BCUT2D eigenvalue weighted by molar-refractivity contribution is 5.27. The van der Waals surface area contributed by atoms with Crippen LogP contribution in [0.15, 0.2) is 54.6 Å². The third kappa shape index (κ3) is 4.92. The summed E-state index contributed by atoms with van der Waals surface area (Å²) in [6, 6.07) is 19.1. The zero-order valence-electron chi connectivity index (χ0n) is 11.7. The van der Waals surface area contributed by atoms with Crippen molar-refractivity contribution >= 4 is 0 Å². The molecule has 0 bridgehead atoms. The van der Waals surface area contributed by atoms with Crippen LogP contribution in [0.25, 0.3) is 0 Å². The first kappa shape index (κ1) is 15.0. The standard InChI is InChI=1S/C17H18N2O2/c18-10-11-21-16-8-6-14(7-9-16)12-19-13-17(20)15-4-2-1-3-5-15/h1-9,17,19-20H,11-13H2.